The maximum absolute atomic E-state index is 12.5. The van der Waals surface area contributed by atoms with Crippen molar-refractivity contribution in [2.75, 3.05) is 24.7 Å². The predicted octanol–water partition coefficient (Wildman–Crippen LogP) is 2.63. The Morgan fingerprint density at radius 3 is 2.83 bits per heavy atom. The molecule has 3 aliphatic heterocycles. The van der Waals surface area contributed by atoms with Crippen LogP contribution >= 0.6 is 0 Å². The Kier molecular flexibility index (Phi) is 3.38. The fourth-order valence-corrected chi connectivity index (χ4v) is 5.53. The van der Waals surface area contributed by atoms with Crippen molar-refractivity contribution in [1.82, 2.24) is 9.78 Å². The number of hydrogen-bond donors (Lipinski definition) is 1. The van der Waals surface area contributed by atoms with Gasteiger partial charge in [0.05, 0.1) is 42.1 Å². The van der Waals surface area contributed by atoms with Gasteiger partial charge < -0.3 is 19.5 Å². The average Bonchev–Trinajstić information content (AvgIpc) is 3.43. The molecule has 1 N–H and O–H groups in total. The molecule has 1 aromatic heterocycles. The number of rotatable bonds is 3. The van der Waals surface area contributed by atoms with E-state index >= 15 is 0 Å². The van der Waals surface area contributed by atoms with Gasteiger partial charge >= 0.3 is 0 Å². The summed E-state index contributed by atoms with van der Waals surface area (Å²) in [6, 6.07) is 4.52. The molecule has 1 aromatic carbocycles. The molecule has 1 spiro atoms. The van der Waals surface area contributed by atoms with E-state index in [2.05, 4.69) is 11.3 Å². The number of aliphatic hydroxyl groups is 1. The molecule has 3 atom stereocenters. The standard InChI is InChI=1S/C22H25N3O4/c1-13-7-22-19-18(25(13)14(2)27)6-5-17(15-8-23-24(9-15)16-3-4-16)20(19)28-11-21(22,10-26)12-29-22/h5-6,8-9,13,16,26H,3-4,7,10-12H2,1-2H3/t13-,21?,22?/m0/s1. The summed E-state index contributed by atoms with van der Waals surface area (Å²) in [5.41, 5.74) is 2.65. The van der Waals surface area contributed by atoms with E-state index in [1.165, 1.54) is 12.8 Å². The van der Waals surface area contributed by atoms with Crippen molar-refractivity contribution in [2.45, 2.75) is 50.8 Å². The summed E-state index contributed by atoms with van der Waals surface area (Å²) >= 11 is 0. The molecule has 152 valence electrons. The summed E-state index contributed by atoms with van der Waals surface area (Å²) in [6.45, 7) is 4.53. The van der Waals surface area contributed by atoms with Gasteiger partial charge in [0.15, 0.2) is 0 Å². The molecule has 1 amide bonds. The van der Waals surface area contributed by atoms with Gasteiger partial charge in [-0.25, -0.2) is 0 Å². The van der Waals surface area contributed by atoms with Crippen LogP contribution in [-0.2, 0) is 15.1 Å². The summed E-state index contributed by atoms with van der Waals surface area (Å²) in [6.07, 6.45) is 6.97. The highest BCUT2D eigenvalue weighted by Gasteiger charge is 2.68. The van der Waals surface area contributed by atoms with Gasteiger partial charge in [0.25, 0.3) is 0 Å². The minimum absolute atomic E-state index is 0.00249. The Hall–Kier alpha value is -2.38. The van der Waals surface area contributed by atoms with Crippen LogP contribution in [0.25, 0.3) is 11.1 Å². The number of nitrogens with zero attached hydrogens (tertiary/aromatic N) is 3. The maximum Gasteiger partial charge on any atom is 0.224 e. The molecule has 0 bridgehead atoms. The smallest absolute Gasteiger partial charge is 0.224 e. The van der Waals surface area contributed by atoms with E-state index in [0.29, 0.717) is 25.7 Å². The van der Waals surface area contributed by atoms with E-state index in [1.807, 2.05) is 34.8 Å². The molecular formula is C22H25N3O4. The van der Waals surface area contributed by atoms with Gasteiger partial charge in [-0.2, -0.15) is 5.10 Å². The lowest BCUT2D eigenvalue weighted by Gasteiger charge is -2.64. The first-order chi connectivity index (χ1) is 14.0. The molecule has 4 aliphatic rings. The second-order valence-corrected chi connectivity index (χ2v) is 9.06. The predicted molar refractivity (Wildman–Crippen MR) is 106 cm³/mol. The van der Waals surface area contributed by atoms with Crippen molar-refractivity contribution < 1.29 is 19.4 Å². The fourth-order valence-electron chi connectivity index (χ4n) is 5.53. The molecule has 29 heavy (non-hydrogen) atoms. The Bertz CT molecular complexity index is 1030. The summed E-state index contributed by atoms with van der Waals surface area (Å²) in [5, 5.41) is 14.8. The highest BCUT2D eigenvalue weighted by Crippen LogP contribution is 2.65. The quantitative estimate of drug-likeness (QED) is 0.865. The molecule has 1 saturated carbocycles. The molecule has 2 unspecified atom stereocenters. The molecule has 2 fully saturated rings. The summed E-state index contributed by atoms with van der Waals surface area (Å²) in [5.74, 6) is 0.767. The monoisotopic (exact) mass is 395 g/mol. The largest absolute Gasteiger partial charge is 0.492 e. The Morgan fingerprint density at radius 2 is 2.17 bits per heavy atom. The second-order valence-electron chi connectivity index (χ2n) is 9.06. The number of carbonyl (C=O) groups is 1. The lowest BCUT2D eigenvalue weighted by atomic mass is 9.59. The number of amides is 1. The topological polar surface area (TPSA) is 76.8 Å². The molecule has 4 heterocycles. The third-order valence-corrected chi connectivity index (χ3v) is 7.24. The van der Waals surface area contributed by atoms with Gasteiger partial charge in [-0.1, -0.05) is 0 Å². The van der Waals surface area contributed by atoms with Crippen molar-refractivity contribution in [3.63, 3.8) is 0 Å². The van der Waals surface area contributed by atoms with Gasteiger partial charge in [-0.15, -0.1) is 0 Å². The summed E-state index contributed by atoms with van der Waals surface area (Å²) in [7, 11) is 0. The van der Waals surface area contributed by atoms with Crippen LogP contribution in [-0.4, -0.2) is 46.7 Å². The Labute approximate surface area is 169 Å². The first-order valence-corrected chi connectivity index (χ1v) is 10.4. The zero-order valence-electron chi connectivity index (χ0n) is 16.7. The van der Waals surface area contributed by atoms with Gasteiger partial charge in [-0.05, 0) is 31.9 Å². The first-order valence-electron chi connectivity index (χ1n) is 10.4. The number of aromatic nitrogens is 2. The highest BCUT2D eigenvalue weighted by atomic mass is 16.6. The summed E-state index contributed by atoms with van der Waals surface area (Å²) < 4.78 is 14.6. The fraction of sp³-hybridized carbons (Fsp3) is 0.545. The number of aliphatic hydroxyl groups excluding tert-OH is 1. The lowest BCUT2D eigenvalue weighted by Crippen LogP contribution is -2.70. The van der Waals surface area contributed by atoms with Crippen LogP contribution in [0, 0.1) is 5.41 Å². The van der Waals surface area contributed by atoms with E-state index in [0.717, 1.165) is 28.1 Å². The zero-order valence-corrected chi connectivity index (χ0v) is 16.7. The molecule has 1 aliphatic carbocycles. The van der Waals surface area contributed by atoms with Crippen molar-refractivity contribution >= 4 is 11.6 Å². The van der Waals surface area contributed by atoms with Gasteiger partial charge in [-0.3, -0.25) is 9.48 Å². The Morgan fingerprint density at radius 1 is 1.34 bits per heavy atom. The minimum Gasteiger partial charge on any atom is -0.492 e. The Balaban J connectivity index is 1.57. The maximum atomic E-state index is 12.5. The van der Waals surface area contributed by atoms with E-state index < -0.39 is 11.0 Å². The van der Waals surface area contributed by atoms with Crippen molar-refractivity contribution in [3.8, 4) is 16.9 Å². The molecular weight excluding hydrogens is 370 g/mol. The minimum atomic E-state index is -0.613. The number of benzene rings is 1. The highest BCUT2D eigenvalue weighted by molar-refractivity contribution is 5.96. The van der Waals surface area contributed by atoms with Crippen LogP contribution in [0.3, 0.4) is 0 Å². The molecule has 1 saturated heterocycles. The number of ether oxygens (including phenoxy) is 2. The molecule has 7 nitrogen and oxygen atoms in total. The van der Waals surface area contributed by atoms with Crippen LogP contribution in [0.15, 0.2) is 24.5 Å². The van der Waals surface area contributed by atoms with Crippen LogP contribution in [0.4, 0.5) is 5.69 Å². The van der Waals surface area contributed by atoms with E-state index in [-0.39, 0.29) is 18.6 Å². The molecule has 0 radical (unpaired) electrons. The van der Waals surface area contributed by atoms with Gasteiger partial charge in [0.1, 0.15) is 18.0 Å². The van der Waals surface area contributed by atoms with Crippen LogP contribution in [0.2, 0.25) is 0 Å². The van der Waals surface area contributed by atoms with Gasteiger partial charge in [0, 0.05) is 36.7 Å². The SMILES string of the molecule is CC(=O)N1c2ccc(-c3cnn(C4CC4)c3)c3c2C2(C[C@@H]1C)OCC2(CO)CO3. The van der Waals surface area contributed by atoms with Gasteiger partial charge in [0.2, 0.25) is 5.91 Å². The summed E-state index contributed by atoms with van der Waals surface area (Å²) in [4.78, 5) is 14.3. The number of hydrogen-bond acceptors (Lipinski definition) is 5. The van der Waals surface area contributed by atoms with Crippen LogP contribution < -0.4 is 9.64 Å². The number of carbonyl (C=O) groups excluding carboxylic acids is 1. The zero-order chi connectivity index (χ0) is 20.0. The first kappa shape index (κ1) is 17.5. The molecule has 6 rings (SSSR count). The third-order valence-electron chi connectivity index (χ3n) is 7.24. The third kappa shape index (κ3) is 2.09. The number of anilines is 1. The average molecular weight is 395 g/mol. The van der Waals surface area contributed by atoms with Crippen molar-refractivity contribution in [2.24, 2.45) is 5.41 Å². The van der Waals surface area contributed by atoms with Crippen molar-refractivity contribution in [3.05, 3.63) is 30.1 Å². The van der Waals surface area contributed by atoms with E-state index in [1.54, 1.807) is 6.92 Å². The van der Waals surface area contributed by atoms with E-state index in [9.17, 15) is 9.90 Å². The lowest BCUT2D eigenvalue weighted by molar-refractivity contribution is -0.312. The van der Waals surface area contributed by atoms with Crippen LogP contribution in [0.1, 0.15) is 44.7 Å². The second kappa shape index (κ2) is 5.61. The van der Waals surface area contributed by atoms with Crippen molar-refractivity contribution in [1.29, 1.82) is 0 Å². The normalized spacial score (nSPS) is 32.1. The molecule has 2 aromatic rings. The molecule has 7 heteroatoms. The van der Waals surface area contributed by atoms with Crippen LogP contribution in [0.5, 0.6) is 5.75 Å². The van der Waals surface area contributed by atoms with E-state index in [4.69, 9.17) is 9.47 Å².